The third-order valence-electron chi connectivity index (χ3n) is 3.36. The number of anilines is 1. The summed E-state index contributed by atoms with van der Waals surface area (Å²) >= 11 is 5.78. The van der Waals surface area contributed by atoms with Gasteiger partial charge in [-0.25, -0.2) is 4.98 Å². The van der Waals surface area contributed by atoms with E-state index >= 15 is 0 Å². The first-order valence-corrected chi connectivity index (χ1v) is 6.51. The highest BCUT2D eigenvalue weighted by molar-refractivity contribution is 6.29. The standard InChI is InChI=1S/C12H16ClN3O2/c1-8-2-4-9(5-3-8)14-12-7-10(16(17)18)6-11(13)15-12/h6-9H,2-5H2,1H3,(H,14,15). The highest BCUT2D eigenvalue weighted by atomic mass is 35.5. The van der Waals surface area contributed by atoms with Crippen LogP contribution in [-0.4, -0.2) is 15.9 Å². The largest absolute Gasteiger partial charge is 0.367 e. The molecular weight excluding hydrogens is 254 g/mol. The van der Waals surface area contributed by atoms with Crippen LogP contribution in [0.15, 0.2) is 12.1 Å². The zero-order valence-electron chi connectivity index (χ0n) is 10.2. The first-order valence-electron chi connectivity index (χ1n) is 6.13. The Morgan fingerprint density at radius 1 is 1.39 bits per heavy atom. The fraction of sp³-hybridized carbons (Fsp3) is 0.583. The van der Waals surface area contributed by atoms with Crippen molar-refractivity contribution in [2.45, 2.75) is 38.6 Å². The topological polar surface area (TPSA) is 68.1 Å². The maximum absolute atomic E-state index is 10.7. The van der Waals surface area contributed by atoms with Crippen LogP contribution < -0.4 is 5.32 Å². The Hall–Kier alpha value is -1.36. The molecule has 1 aromatic heterocycles. The maximum Gasteiger partial charge on any atom is 0.276 e. The lowest BCUT2D eigenvalue weighted by Gasteiger charge is -2.27. The van der Waals surface area contributed by atoms with Gasteiger partial charge in [0.2, 0.25) is 0 Å². The van der Waals surface area contributed by atoms with E-state index in [1.807, 2.05) is 0 Å². The normalized spacial score (nSPS) is 23.7. The van der Waals surface area contributed by atoms with Gasteiger partial charge in [-0.2, -0.15) is 0 Å². The van der Waals surface area contributed by atoms with Gasteiger partial charge in [0.15, 0.2) is 0 Å². The van der Waals surface area contributed by atoms with E-state index in [-0.39, 0.29) is 10.8 Å². The summed E-state index contributed by atoms with van der Waals surface area (Å²) in [6.45, 7) is 2.25. The summed E-state index contributed by atoms with van der Waals surface area (Å²) in [6, 6.07) is 3.03. The van der Waals surface area contributed by atoms with Gasteiger partial charge in [-0.05, 0) is 31.6 Å². The van der Waals surface area contributed by atoms with Gasteiger partial charge in [-0.15, -0.1) is 0 Å². The Balaban J connectivity index is 2.07. The molecule has 1 aliphatic rings. The predicted molar refractivity (Wildman–Crippen MR) is 70.9 cm³/mol. The molecular formula is C12H16ClN3O2. The molecule has 1 fully saturated rings. The summed E-state index contributed by atoms with van der Waals surface area (Å²) in [6.07, 6.45) is 4.51. The Morgan fingerprint density at radius 2 is 2.06 bits per heavy atom. The molecule has 1 saturated carbocycles. The molecule has 0 amide bonds. The van der Waals surface area contributed by atoms with Gasteiger partial charge in [0.25, 0.3) is 5.69 Å². The van der Waals surface area contributed by atoms with Gasteiger partial charge >= 0.3 is 0 Å². The van der Waals surface area contributed by atoms with Gasteiger partial charge in [-0.3, -0.25) is 10.1 Å². The second-order valence-electron chi connectivity index (χ2n) is 4.89. The molecule has 1 aliphatic carbocycles. The van der Waals surface area contributed by atoms with Crippen LogP contribution in [0.3, 0.4) is 0 Å². The lowest BCUT2D eigenvalue weighted by molar-refractivity contribution is -0.384. The van der Waals surface area contributed by atoms with Gasteiger partial charge in [0.1, 0.15) is 11.0 Å². The summed E-state index contributed by atoms with van der Waals surface area (Å²) in [5, 5.41) is 14.1. The molecule has 0 aliphatic heterocycles. The number of aromatic nitrogens is 1. The highest BCUT2D eigenvalue weighted by Gasteiger charge is 2.19. The van der Waals surface area contributed by atoms with Gasteiger partial charge in [-0.1, -0.05) is 18.5 Å². The van der Waals surface area contributed by atoms with Crippen LogP contribution in [0.4, 0.5) is 11.5 Å². The lowest BCUT2D eigenvalue weighted by Crippen LogP contribution is -2.25. The van der Waals surface area contributed by atoms with Crippen LogP contribution in [0.2, 0.25) is 5.15 Å². The summed E-state index contributed by atoms with van der Waals surface area (Å²) in [5.74, 6) is 1.26. The van der Waals surface area contributed by atoms with Crippen LogP contribution in [0.5, 0.6) is 0 Å². The molecule has 1 aromatic rings. The second-order valence-corrected chi connectivity index (χ2v) is 5.28. The van der Waals surface area contributed by atoms with Gasteiger partial charge in [0, 0.05) is 6.04 Å². The summed E-state index contributed by atoms with van der Waals surface area (Å²) in [4.78, 5) is 14.4. The van der Waals surface area contributed by atoms with Crippen molar-refractivity contribution < 1.29 is 4.92 Å². The third kappa shape index (κ3) is 3.32. The van der Waals surface area contributed by atoms with Crippen molar-refractivity contribution in [3.05, 3.63) is 27.4 Å². The predicted octanol–water partition coefficient (Wildman–Crippen LogP) is 3.63. The van der Waals surface area contributed by atoms with Crippen molar-refractivity contribution in [1.82, 2.24) is 4.98 Å². The van der Waals surface area contributed by atoms with Crippen molar-refractivity contribution >= 4 is 23.1 Å². The van der Waals surface area contributed by atoms with Crippen molar-refractivity contribution in [1.29, 1.82) is 0 Å². The average molecular weight is 270 g/mol. The minimum atomic E-state index is -0.457. The Bertz CT molecular complexity index is 445. The number of nitrogens with one attached hydrogen (secondary N) is 1. The fourth-order valence-corrected chi connectivity index (χ4v) is 2.48. The summed E-state index contributed by atoms with van der Waals surface area (Å²) < 4.78 is 0. The van der Waals surface area contributed by atoms with E-state index in [0.29, 0.717) is 11.9 Å². The molecule has 0 atom stereocenters. The highest BCUT2D eigenvalue weighted by Crippen LogP contribution is 2.27. The number of rotatable bonds is 3. The Morgan fingerprint density at radius 3 is 2.67 bits per heavy atom. The third-order valence-corrected chi connectivity index (χ3v) is 3.55. The molecule has 1 N–H and O–H groups in total. The summed E-state index contributed by atoms with van der Waals surface area (Å²) in [5.41, 5.74) is -0.0262. The van der Waals surface area contributed by atoms with Gasteiger partial charge in [0.05, 0.1) is 17.1 Å². The van der Waals surface area contributed by atoms with E-state index < -0.39 is 4.92 Å². The van der Waals surface area contributed by atoms with Crippen LogP contribution in [0.1, 0.15) is 32.6 Å². The molecule has 98 valence electrons. The van der Waals surface area contributed by atoms with Crippen molar-refractivity contribution in [2.75, 3.05) is 5.32 Å². The molecule has 18 heavy (non-hydrogen) atoms. The lowest BCUT2D eigenvalue weighted by atomic mass is 9.87. The van der Waals surface area contributed by atoms with E-state index in [4.69, 9.17) is 11.6 Å². The monoisotopic (exact) mass is 269 g/mol. The maximum atomic E-state index is 10.7. The Kier molecular flexibility index (Phi) is 4.01. The number of halogens is 1. The fourth-order valence-electron chi connectivity index (χ4n) is 2.28. The quantitative estimate of drug-likeness (QED) is 0.517. The molecule has 0 spiro atoms. The van der Waals surface area contributed by atoms with Crippen LogP contribution in [-0.2, 0) is 0 Å². The SMILES string of the molecule is CC1CCC(Nc2cc([N+](=O)[O-])cc(Cl)n2)CC1. The number of nitrogens with zero attached hydrogens (tertiary/aromatic N) is 2. The van der Waals surface area contributed by atoms with E-state index in [0.717, 1.165) is 18.8 Å². The molecule has 0 saturated heterocycles. The zero-order chi connectivity index (χ0) is 13.1. The molecule has 0 bridgehead atoms. The molecule has 0 radical (unpaired) electrons. The molecule has 5 nitrogen and oxygen atoms in total. The molecule has 2 rings (SSSR count). The average Bonchev–Trinajstić information content (AvgIpc) is 2.31. The van der Waals surface area contributed by atoms with Crippen LogP contribution >= 0.6 is 11.6 Å². The zero-order valence-corrected chi connectivity index (χ0v) is 11.0. The van der Waals surface area contributed by atoms with E-state index in [1.165, 1.54) is 25.0 Å². The minimum absolute atomic E-state index is 0.0262. The van der Waals surface area contributed by atoms with Gasteiger partial charge < -0.3 is 5.32 Å². The molecule has 6 heteroatoms. The first kappa shape index (κ1) is 13.1. The smallest absolute Gasteiger partial charge is 0.276 e. The van der Waals surface area contributed by atoms with Crippen LogP contribution in [0, 0.1) is 16.0 Å². The van der Waals surface area contributed by atoms with Crippen molar-refractivity contribution in [2.24, 2.45) is 5.92 Å². The van der Waals surface area contributed by atoms with Crippen molar-refractivity contribution in [3.63, 3.8) is 0 Å². The molecule has 0 aromatic carbocycles. The number of nitro groups is 1. The summed E-state index contributed by atoms with van der Waals surface area (Å²) in [7, 11) is 0. The number of pyridine rings is 1. The minimum Gasteiger partial charge on any atom is -0.367 e. The van der Waals surface area contributed by atoms with E-state index in [1.54, 1.807) is 0 Å². The number of hydrogen-bond acceptors (Lipinski definition) is 4. The molecule has 1 heterocycles. The van der Waals surface area contributed by atoms with E-state index in [9.17, 15) is 10.1 Å². The first-order chi connectivity index (χ1) is 8.54. The van der Waals surface area contributed by atoms with Crippen LogP contribution in [0.25, 0.3) is 0 Å². The number of hydrogen-bond donors (Lipinski definition) is 1. The second kappa shape index (κ2) is 5.52. The van der Waals surface area contributed by atoms with Crippen molar-refractivity contribution in [3.8, 4) is 0 Å². The molecule has 0 unspecified atom stereocenters. The Labute approximate surface area is 111 Å². The van der Waals surface area contributed by atoms with E-state index in [2.05, 4.69) is 17.2 Å².